The van der Waals surface area contributed by atoms with Crippen LogP contribution >= 0.6 is 11.8 Å². The molecule has 1 amide bonds. The van der Waals surface area contributed by atoms with Gasteiger partial charge in [0, 0.05) is 11.4 Å². The van der Waals surface area contributed by atoms with Gasteiger partial charge in [0.15, 0.2) is 6.61 Å². The summed E-state index contributed by atoms with van der Waals surface area (Å²) < 4.78 is 16.2. The molecule has 0 saturated carbocycles. The summed E-state index contributed by atoms with van der Waals surface area (Å²) in [5.41, 5.74) is 2.36. The van der Waals surface area contributed by atoms with Crippen molar-refractivity contribution < 1.29 is 23.5 Å². The van der Waals surface area contributed by atoms with Crippen molar-refractivity contribution >= 4 is 35.2 Å². The first-order valence-electron chi connectivity index (χ1n) is 13.2. The number of furan rings is 1. The summed E-state index contributed by atoms with van der Waals surface area (Å²) in [5, 5.41) is 5.93. The smallest absolute Gasteiger partial charge is 0.322 e. The highest BCUT2D eigenvalue weighted by molar-refractivity contribution is 8.01. The van der Waals surface area contributed by atoms with E-state index in [9.17, 15) is 9.59 Å². The highest BCUT2D eigenvalue weighted by Crippen LogP contribution is 2.35. The standard InChI is InChI=1S/C31H37N3O5S/c1-22-9-13-24(14-10-22)34-28(35)21-38-27(32-34)20-33(19-25-8-7-17-37-25)18-23-11-15-26(16-12-23)40-31(5,6)29(36)39-30(2,3)4/h7-17H,18-21H2,1-6H3. The zero-order chi connectivity index (χ0) is 28.9. The Morgan fingerprint density at radius 2 is 1.70 bits per heavy atom. The molecule has 0 saturated heterocycles. The topological polar surface area (TPSA) is 84.6 Å². The van der Waals surface area contributed by atoms with Crippen molar-refractivity contribution in [3.8, 4) is 0 Å². The number of carbonyl (C=O) groups is 2. The number of aryl methyl sites for hydroxylation is 1. The van der Waals surface area contributed by atoms with Crippen molar-refractivity contribution in [1.29, 1.82) is 0 Å². The van der Waals surface area contributed by atoms with E-state index in [1.54, 1.807) is 6.26 Å². The average Bonchev–Trinajstić information content (AvgIpc) is 3.39. The number of hydrogen-bond donors (Lipinski definition) is 0. The van der Waals surface area contributed by atoms with Gasteiger partial charge < -0.3 is 13.9 Å². The molecule has 0 bridgehead atoms. The molecule has 9 heteroatoms. The van der Waals surface area contributed by atoms with Gasteiger partial charge >= 0.3 is 5.97 Å². The second kappa shape index (κ2) is 12.3. The van der Waals surface area contributed by atoms with Crippen LogP contribution in [0.25, 0.3) is 0 Å². The fourth-order valence-electron chi connectivity index (χ4n) is 4.01. The highest BCUT2D eigenvalue weighted by Gasteiger charge is 2.33. The van der Waals surface area contributed by atoms with Crippen LogP contribution in [0.5, 0.6) is 0 Å². The summed E-state index contributed by atoms with van der Waals surface area (Å²) in [4.78, 5) is 28.3. The minimum Gasteiger partial charge on any atom is -0.469 e. The molecule has 8 nitrogen and oxygen atoms in total. The summed E-state index contributed by atoms with van der Waals surface area (Å²) in [7, 11) is 0. The number of hydrogen-bond acceptors (Lipinski definition) is 8. The van der Waals surface area contributed by atoms with E-state index in [0.29, 0.717) is 31.2 Å². The molecule has 1 aromatic heterocycles. The molecule has 1 aliphatic rings. The molecular weight excluding hydrogens is 526 g/mol. The number of benzene rings is 2. The molecule has 3 aromatic rings. The lowest BCUT2D eigenvalue weighted by Gasteiger charge is -2.28. The zero-order valence-electron chi connectivity index (χ0n) is 24.0. The second-order valence-electron chi connectivity index (χ2n) is 11.3. The summed E-state index contributed by atoms with van der Waals surface area (Å²) in [5.74, 6) is 0.810. The van der Waals surface area contributed by atoms with Crippen LogP contribution in [0.2, 0.25) is 0 Å². The van der Waals surface area contributed by atoms with Crippen LogP contribution in [0.15, 0.2) is 81.3 Å². The summed E-state index contributed by atoms with van der Waals surface area (Å²) in [6.45, 7) is 12.8. The number of hydrazone groups is 1. The minimum absolute atomic E-state index is 0.0688. The predicted molar refractivity (Wildman–Crippen MR) is 157 cm³/mol. The van der Waals surface area contributed by atoms with E-state index in [4.69, 9.17) is 13.9 Å². The summed E-state index contributed by atoms with van der Waals surface area (Å²) in [6, 6.07) is 19.6. The van der Waals surface area contributed by atoms with Gasteiger partial charge in [0.25, 0.3) is 5.91 Å². The Hall–Kier alpha value is -3.56. The van der Waals surface area contributed by atoms with Crippen molar-refractivity contribution in [2.45, 2.75) is 69.9 Å². The number of rotatable bonds is 10. The molecule has 0 fully saturated rings. The fraction of sp³-hybridized carbons (Fsp3) is 0.387. The molecule has 2 heterocycles. The van der Waals surface area contributed by atoms with Crippen LogP contribution in [0.1, 0.15) is 51.5 Å². The van der Waals surface area contributed by atoms with Gasteiger partial charge in [0.05, 0.1) is 25.0 Å². The van der Waals surface area contributed by atoms with Crippen LogP contribution < -0.4 is 5.01 Å². The van der Waals surface area contributed by atoms with Crippen molar-refractivity contribution in [3.63, 3.8) is 0 Å². The number of amides is 1. The zero-order valence-corrected chi connectivity index (χ0v) is 24.8. The van der Waals surface area contributed by atoms with Crippen LogP contribution in [0.3, 0.4) is 0 Å². The number of thioether (sulfide) groups is 1. The molecule has 40 heavy (non-hydrogen) atoms. The van der Waals surface area contributed by atoms with Gasteiger partial charge in [-0.1, -0.05) is 29.8 Å². The van der Waals surface area contributed by atoms with Gasteiger partial charge in [0.1, 0.15) is 16.1 Å². The third-order valence-electron chi connectivity index (χ3n) is 6.00. The Morgan fingerprint density at radius 1 is 1.00 bits per heavy atom. The first-order chi connectivity index (χ1) is 18.9. The molecule has 0 aliphatic carbocycles. The molecule has 1 aliphatic heterocycles. The summed E-state index contributed by atoms with van der Waals surface area (Å²) in [6.07, 6.45) is 1.65. The molecule has 0 spiro atoms. The molecule has 0 N–H and O–H groups in total. The Bertz CT molecular complexity index is 1330. The first-order valence-corrected chi connectivity index (χ1v) is 14.1. The molecular formula is C31H37N3O5S. The second-order valence-corrected chi connectivity index (χ2v) is 13.0. The molecule has 4 rings (SSSR count). The minimum atomic E-state index is -0.725. The Labute approximate surface area is 240 Å². The molecule has 0 radical (unpaired) electrons. The lowest BCUT2D eigenvalue weighted by Crippen LogP contribution is -2.40. The maximum Gasteiger partial charge on any atom is 0.322 e. The lowest BCUT2D eigenvalue weighted by atomic mass is 10.1. The van der Waals surface area contributed by atoms with E-state index in [1.807, 2.05) is 102 Å². The maximum atomic E-state index is 12.7. The van der Waals surface area contributed by atoms with E-state index in [2.05, 4.69) is 10.0 Å². The van der Waals surface area contributed by atoms with Gasteiger partial charge in [-0.15, -0.1) is 16.9 Å². The van der Waals surface area contributed by atoms with Crippen LogP contribution in [0, 0.1) is 6.92 Å². The molecule has 0 atom stereocenters. The van der Waals surface area contributed by atoms with E-state index >= 15 is 0 Å². The third-order valence-corrected chi connectivity index (χ3v) is 7.18. The van der Waals surface area contributed by atoms with E-state index in [-0.39, 0.29) is 18.5 Å². The Kier molecular flexibility index (Phi) is 9.05. The van der Waals surface area contributed by atoms with Gasteiger partial charge in [-0.25, -0.2) is 0 Å². The maximum absolute atomic E-state index is 12.7. The third kappa shape index (κ3) is 8.22. The number of nitrogens with zero attached hydrogens (tertiary/aromatic N) is 3. The quantitative estimate of drug-likeness (QED) is 0.215. The van der Waals surface area contributed by atoms with E-state index in [1.165, 1.54) is 16.8 Å². The normalized spacial score (nSPS) is 14.2. The Balaban J connectivity index is 1.47. The van der Waals surface area contributed by atoms with Crippen LogP contribution in [-0.2, 0) is 32.2 Å². The highest BCUT2D eigenvalue weighted by atomic mass is 32.2. The van der Waals surface area contributed by atoms with Gasteiger partial charge in [-0.2, -0.15) is 5.01 Å². The molecule has 2 aromatic carbocycles. The number of anilines is 1. The van der Waals surface area contributed by atoms with Gasteiger partial charge in [-0.05, 0) is 83.5 Å². The number of esters is 1. The fourth-order valence-corrected chi connectivity index (χ4v) is 4.99. The monoisotopic (exact) mass is 563 g/mol. The van der Waals surface area contributed by atoms with Gasteiger partial charge in [0.2, 0.25) is 5.90 Å². The van der Waals surface area contributed by atoms with E-state index < -0.39 is 10.3 Å². The Morgan fingerprint density at radius 3 is 2.33 bits per heavy atom. The van der Waals surface area contributed by atoms with Crippen molar-refractivity contribution in [3.05, 3.63) is 83.8 Å². The number of ether oxygens (including phenoxy) is 2. The average molecular weight is 564 g/mol. The van der Waals surface area contributed by atoms with Crippen molar-refractivity contribution in [2.75, 3.05) is 18.2 Å². The lowest BCUT2D eigenvalue weighted by molar-refractivity contribution is -0.156. The summed E-state index contributed by atoms with van der Waals surface area (Å²) >= 11 is 1.47. The SMILES string of the molecule is Cc1ccc(N2N=C(CN(Cc3ccc(SC(C)(C)C(=O)OC(C)(C)C)cc3)Cc3ccco3)OCC2=O)cc1. The van der Waals surface area contributed by atoms with Gasteiger partial charge in [-0.3, -0.25) is 14.5 Å². The predicted octanol–water partition coefficient (Wildman–Crippen LogP) is 6.18. The van der Waals surface area contributed by atoms with Crippen LogP contribution in [-0.4, -0.2) is 46.2 Å². The first kappa shape index (κ1) is 29.4. The molecule has 0 unspecified atom stereocenters. The van der Waals surface area contributed by atoms with Crippen molar-refractivity contribution in [1.82, 2.24) is 4.90 Å². The van der Waals surface area contributed by atoms with E-state index in [0.717, 1.165) is 21.8 Å². The van der Waals surface area contributed by atoms with Crippen LogP contribution in [0.4, 0.5) is 5.69 Å². The van der Waals surface area contributed by atoms with Crippen molar-refractivity contribution in [2.24, 2.45) is 5.10 Å². The largest absolute Gasteiger partial charge is 0.469 e. The number of carbonyl (C=O) groups excluding carboxylic acids is 2. The molecule has 212 valence electrons.